The highest BCUT2D eigenvalue weighted by Gasteiger charge is 2.34. The van der Waals surface area contributed by atoms with Gasteiger partial charge in [-0.15, -0.1) is 0 Å². The Morgan fingerprint density at radius 2 is 2.36 bits per heavy atom. The van der Waals surface area contributed by atoms with Crippen molar-refractivity contribution in [3.63, 3.8) is 0 Å². The summed E-state index contributed by atoms with van der Waals surface area (Å²) < 4.78 is 4.90. The summed E-state index contributed by atoms with van der Waals surface area (Å²) in [5, 5.41) is 9.35. The van der Waals surface area contributed by atoms with Gasteiger partial charge >= 0.3 is 5.97 Å². The number of ether oxygens (including phenoxy) is 1. The molecule has 0 aromatic carbocycles. The number of rotatable bonds is 3. The van der Waals surface area contributed by atoms with Crippen LogP contribution in [-0.4, -0.2) is 35.2 Å². The lowest BCUT2D eigenvalue weighted by Gasteiger charge is -2.24. The fraction of sp³-hybridized carbons (Fsp3) is 0.750. The fourth-order valence-electron chi connectivity index (χ4n) is 1.38. The third-order valence-electron chi connectivity index (χ3n) is 1.98. The molecule has 1 saturated heterocycles. The van der Waals surface area contributed by atoms with Crippen molar-refractivity contribution in [2.24, 2.45) is 0 Å². The van der Waals surface area contributed by atoms with Gasteiger partial charge in [0.2, 0.25) is 5.91 Å². The van der Waals surface area contributed by atoms with Crippen LogP contribution in [0.5, 0.6) is 0 Å². The second-order valence-electron chi connectivity index (χ2n) is 3.32. The Hall–Kier alpha value is -1.14. The molecule has 3 atom stereocenters. The molecule has 1 rings (SSSR count). The molecule has 1 aliphatic heterocycles. The molecule has 0 spiro atoms. The lowest BCUT2D eigenvalue weighted by Crippen LogP contribution is -2.46. The highest BCUT2D eigenvalue weighted by atomic mass is 16.6. The molecule has 80 valence electrons. The van der Waals surface area contributed by atoms with Crippen LogP contribution in [0.1, 0.15) is 20.3 Å². The first-order valence-electron chi connectivity index (χ1n) is 4.40. The van der Waals surface area contributed by atoms with Gasteiger partial charge in [-0.05, 0) is 6.92 Å². The number of amides is 1. The summed E-state index contributed by atoms with van der Waals surface area (Å²) in [5.41, 5.74) is 5.04. The number of hydrogen-bond acceptors (Lipinski definition) is 5. The van der Waals surface area contributed by atoms with E-state index in [9.17, 15) is 14.7 Å². The maximum absolute atomic E-state index is 10.9. The van der Waals surface area contributed by atoms with Gasteiger partial charge in [0.1, 0.15) is 6.10 Å². The number of nitrogens with one attached hydrogen (secondary N) is 2. The van der Waals surface area contributed by atoms with Gasteiger partial charge in [-0.2, -0.15) is 0 Å². The Bertz CT molecular complexity index is 241. The van der Waals surface area contributed by atoms with E-state index < -0.39 is 18.2 Å². The van der Waals surface area contributed by atoms with Crippen LogP contribution >= 0.6 is 0 Å². The number of carbonyl (C=O) groups is 2. The number of carbonyl (C=O) groups excluding carboxylic acids is 2. The monoisotopic (exact) mass is 202 g/mol. The van der Waals surface area contributed by atoms with E-state index in [0.29, 0.717) is 0 Å². The molecule has 0 saturated carbocycles. The van der Waals surface area contributed by atoms with Crippen molar-refractivity contribution in [3.05, 3.63) is 0 Å². The second-order valence-corrected chi connectivity index (χ2v) is 3.32. The molecule has 1 amide bonds. The number of aliphatic hydroxyl groups excluding tert-OH is 1. The summed E-state index contributed by atoms with van der Waals surface area (Å²) in [6.45, 7) is 2.78. The fourth-order valence-corrected chi connectivity index (χ4v) is 1.38. The molecule has 1 fully saturated rings. The van der Waals surface area contributed by atoms with Gasteiger partial charge < -0.3 is 9.84 Å². The van der Waals surface area contributed by atoms with E-state index in [1.807, 2.05) is 0 Å². The highest BCUT2D eigenvalue weighted by molar-refractivity contribution is 5.78. The van der Waals surface area contributed by atoms with Crippen LogP contribution in [0.4, 0.5) is 0 Å². The summed E-state index contributed by atoms with van der Waals surface area (Å²) in [6, 6.07) is -0.369. The molecule has 0 aromatic rings. The van der Waals surface area contributed by atoms with E-state index in [1.54, 1.807) is 0 Å². The molecular formula is C8H14N2O4. The lowest BCUT2D eigenvalue weighted by atomic mass is 10.0. The molecule has 1 heterocycles. The first-order valence-corrected chi connectivity index (χ1v) is 4.40. The van der Waals surface area contributed by atoms with Crippen LogP contribution in [0, 0.1) is 0 Å². The summed E-state index contributed by atoms with van der Waals surface area (Å²) in [5.74, 6) is -0.648. The molecule has 3 N–H and O–H groups in total. The molecule has 0 radical (unpaired) electrons. The van der Waals surface area contributed by atoms with Gasteiger partial charge in [0.25, 0.3) is 0 Å². The van der Waals surface area contributed by atoms with Crippen molar-refractivity contribution < 1.29 is 19.4 Å². The SMILES string of the molecule is CC(=O)OC(C1CC(=O)NN1)[C@H](C)O. The Balaban J connectivity index is 2.58. The molecule has 6 heteroatoms. The quantitative estimate of drug-likeness (QED) is 0.495. The van der Waals surface area contributed by atoms with Crippen LogP contribution < -0.4 is 10.9 Å². The van der Waals surface area contributed by atoms with Crippen LogP contribution in [0.2, 0.25) is 0 Å². The van der Waals surface area contributed by atoms with Crippen molar-refractivity contribution in [1.29, 1.82) is 0 Å². The van der Waals surface area contributed by atoms with Crippen molar-refractivity contribution in [2.45, 2.75) is 38.5 Å². The van der Waals surface area contributed by atoms with Gasteiger partial charge in [0.15, 0.2) is 0 Å². The topological polar surface area (TPSA) is 87.7 Å². The third-order valence-corrected chi connectivity index (χ3v) is 1.98. The Kier molecular flexibility index (Phi) is 3.43. The maximum atomic E-state index is 10.9. The van der Waals surface area contributed by atoms with Crippen LogP contribution in [0.3, 0.4) is 0 Å². The number of esters is 1. The number of hydrogen-bond donors (Lipinski definition) is 3. The zero-order valence-corrected chi connectivity index (χ0v) is 8.11. The summed E-state index contributed by atoms with van der Waals surface area (Å²) in [4.78, 5) is 21.6. The molecule has 0 aliphatic carbocycles. The molecule has 14 heavy (non-hydrogen) atoms. The smallest absolute Gasteiger partial charge is 0.303 e. The second kappa shape index (κ2) is 4.39. The molecule has 2 unspecified atom stereocenters. The predicted octanol–water partition coefficient (Wildman–Crippen LogP) is -1.31. The Labute approximate surface area is 81.6 Å². The van der Waals surface area contributed by atoms with Gasteiger partial charge in [0.05, 0.1) is 12.1 Å². The van der Waals surface area contributed by atoms with E-state index in [2.05, 4.69) is 10.9 Å². The third kappa shape index (κ3) is 2.68. The average molecular weight is 202 g/mol. The minimum atomic E-state index is -0.816. The van der Waals surface area contributed by atoms with Crippen LogP contribution in [0.15, 0.2) is 0 Å². The van der Waals surface area contributed by atoms with Crippen molar-refractivity contribution in [2.75, 3.05) is 0 Å². The summed E-state index contributed by atoms with van der Waals surface area (Å²) in [6.07, 6.45) is -1.32. The van der Waals surface area contributed by atoms with Gasteiger partial charge in [0, 0.05) is 13.3 Å². The van der Waals surface area contributed by atoms with Crippen molar-refractivity contribution in [3.8, 4) is 0 Å². The zero-order chi connectivity index (χ0) is 10.7. The standard InChI is InChI=1S/C8H14N2O4/c1-4(11)8(14-5(2)12)6-3-7(13)10-9-6/h4,6,8-9,11H,3H2,1-2H3,(H,10,13)/t4-,6?,8?/m0/s1. The molecule has 1 aliphatic rings. The predicted molar refractivity (Wildman–Crippen MR) is 46.9 cm³/mol. The largest absolute Gasteiger partial charge is 0.458 e. The molecule has 6 nitrogen and oxygen atoms in total. The molecular weight excluding hydrogens is 188 g/mol. The minimum Gasteiger partial charge on any atom is -0.458 e. The van der Waals surface area contributed by atoms with E-state index in [1.165, 1.54) is 13.8 Å². The van der Waals surface area contributed by atoms with Crippen LogP contribution in [0.25, 0.3) is 0 Å². The van der Waals surface area contributed by atoms with Gasteiger partial charge in [-0.25, -0.2) is 5.43 Å². The first-order chi connectivity index (χ1) is 6.50. The number of aliphatic hydroxyl groups is 1. The van der Waals surface area contributed by atoms with E-state index in [0.717, 1.165) is 0 Å². The zero-order valence-electron chi connectivity index (χ0n) is 8.11. The minimum absolute atomic E-state index is 0.173. The Morgan fingerprint density at radius 1 is 1.71 bits per heavy atom. The van der Waals surface area contributed by atoms with Crippen molar-refractivity contribution >= 4 is 11.9 Å². The maximum Gasteiger partial charge on any atom is 0.303 e. The molecule has 0 aromatic heterocycles. The van der Waals surface area contributed by atoms with E-state index in [4.69, 9.17) is 4.74 Å². The normalized spacial score (nSPS) is 25.4. The van der Waals surface area contributed by atoms with E-state index in [-0.39, 0.29) is 18.4 Å². The van der Waals surface area contributed by atoms with Gasteiger partial charge in [-0.3, -0.25) is 15.0 Å². The first kappa shape index (κ1) is 10.9. The van der Waals surface area contributed by atoms with Gasteiger partial charge in [-0.1, -0.05) is 0 Å². The summed E-state index contributed by atoms with van der Waals surface area (Å²) >= 11 is 0. The van der Waals surface area contributed by atoms with Crippen LogP contribution in [-0.2, 0) is 14.3 Å². The highest BCUT2D eigenvalue weighted by Crippen LogP contribution is 2.11. The lowest BCUT2D eigenvalue weighted by molar-refractivity contribution is -0.154. The summed E-state index contributed by atoms with van der Waals surface area (Å²) in [7, 11) is 0. The average Bonchev–Trinajstić information content (AvgIpc) is 2.46. The number of hydrazine groups is 1. The Morgan fingerprint density at radius 3 is 2.71 bits per heavy atom. The molecule has 0 bridgehead atoms. The van der Waals surface area contributed by atoms with Crippen molar-refractivity contribution in [1.82, 2.24) is 10.9 Å². The van der Waals surface area contributed by atoms with E-state index >= 15 is 0 Å².